The zero-order valence-corrected chi connectivity index (χ0v) is 9.07. The molecular weight excluding hydrogens is 212 g/mol. The molecule has 0 aliphatic carbocycles. The van der Waals surface area contributed by atoms with Crippen LogP contribution in [-0.2, 0) is 6.54 Å². The molecule has 0 amide bonds. The number of rotatable bonds is 2. The first-order chi connectivity index (χ1) is 7.22. The normalized spacial score (nSPS) is 10.6. The van der Waals surface area contributed by atoms with Crippen LogP contribution in [-0.4, -0.2) is 15.0 Å². The molecule has 1 aromatic carbocycles. The van der Waals surface area contributed by atoms with Gasteiger partial charge in [0.25, 0.3) is 0 Å². The highest BCUT2D eigenvalue weighted by atomic mass is 35.5. The van der Waals surface area contributed by atoms with Gasteiger partial charge in [0.15, 0.2) is 0 Å². The Morgan fingerprint density at radius 2 is 2.27 bits per heavy atom. The summed E-state index contributed by atoms with van der Waals surface area (Å²) in [5.74, 6) is 0. The van der Waals surface area contributed by atoms with Crippen LogP contribution in [0.5, 0.6) is 0 Å². The van der Waals surface area contributed by atoms with Crippen molar-refractivity contribution in [2.75, 3.05) is 0 Å². The second-order valence-corrected chi connectivity index (χ2v) is 3.67. The first-order valence-electron chi connectivity index (χ1n) is 4.59. The third-order valence-electron chi connectivity index (χ3n) is 2.17. The van der Waals surface area contributed by atoms with Crippen LogP contribution in [0.2, 0.25) is 5.02 Å². The summed E-state index contributed by atoms with van der Waals surface area (Å²) in [4.78, 5) is 0. The van der Waals surface area contributed by atoms with E-state index in [0.717, 1.165) is 16.9 Å². The van der Waals surface area contributed by atoms with Crippen molar-refractivity contribution in [1.29, 1.82) is 0 Å². The maximum absolute atomic E-state index is 6.10. The Kier molecular flexibility index (Phi) is 2.70. The molecule has 5 heteroatoms. The van der Waals surface area contributed by atoms with Crippen LogP contribution < -0.4 is 5.73 Å². The van der Waals surface area contributed by atoms with Gasteiger partial charge in [-0.3, -0.25) is 0 Å². The number of para-hydroxylation sites is 1. The van der Waals surface area contributed by atoms with Gasteiger partial charge in [0.1, 0.15) is 0 Å². The lowest BCUT2D eigenvalue weighted by Crippen LogP contribution is -1.99. The number of nitrogens with zero attached hydrogens (tertiary/aromatic N) is 3. The van der Waals surface area contributed by atoms with Crippen molar-refractivity contribution in [2.24, 2.45) is 5.73 Å². The highest BCUT2D eigenvalue weighted by Gasteiger charge is 2.08. The molecule has 0 bridgehead atoms. The number of halogens is 1. The van der Waals surface area contributed by atoms with Crippen LogP contribution in [0.1, 0.15) is 11.3 Å². The standard InChI is InChI=1S/C10H11ClN4/c1-7-3-2-4-9(11)10(7)15-6-8(5-12)13-14-15/h2-4,6H,5,12H2,1H3. The topological polar surface area (TPSA) is 56.7 Å². The van der Waals surface area contributed by atoms with Crippen LogP contribution in [0.3, 0.4) is 0 Å². The minimum absolute atomic E-state index is 0.378. The monoisotopic (exact) mass is 222 g/mol. The molecular formula is C10H11ClN4. The predicted molar refractivity (Wildman–Crippen MR) is 59.0 cm³/mol. The highest BCUT2D eigenvalue weighted by Crippen LogP contribution is 2.22. The lowest BCUT2D eigenvalue weighted by molar-refractivity contribution is 0.792. The molecule has 1 heterocycles. The third kappa shape index (κ3) is 1.86. The van der Waals surface area contributed by atoms with E-state index < -0.39 is 0 Å². The van der Waals surface area contributed by atoms with E-state index in [0.29, 0.717) is 11.6 Å². The fourth-order valence-corrected chi connectivity index (χ4v) is 1.72. The summed E-state index contributed by atoms with van der Waals surface area (Å²) in [6, 6.07) is 5.71. The molecule has 2 rings (SSSR count). The summed E-state index contributed by atoms with van der Waals surface area (Å²) in [6.45, 7) is 2.36. The number of hydrogen-bond donors (Lipinski definition) is 1. The Bertz CT molecular complexity index is 458. The first-order valence-corrected chi connectivity index (χ1v) is 4.97. The molecule has 2 aromatic rings. The largest absolute Gasteiger partial charge is 0.325 e. The summed E-state index contributed by atoms with van der Waals surface area (Å²) in [7, 11) is 0. The van der Waals surface area contributed by atoms with E-state index >= 15 is 0 Å². The van der Waals surface area contributed by atoms with Crippen molar-refractivity contribution in [2.45, 2.75) is 13.5 Å². The van der Waals surface area contributed by atoms with Crippen molar-refractivity contribution in [1.82, 2.24) is 15.0 Å². The summed E-state index contributed by atoms with van der Waals surface area (Å²) >= 11 is 6.10. The van der Waals surface area contributed by atoms with Gasteiger partial charge in [-0.2, -0.15) is 0 Å². The summed E-state index contributed by atoms with van der Waals surface area (Å²) in [6.07, 6.45) is 1.79. The van der Waals surface area contributed by atoms with Crippen molar-refractivity contribution in [3.05, 3.63) is 40.7 Å². The summed E-state index contributed by atoms with van der Waals surface area (Å²) in [5, 5.41) is 8.56. The average molecular weight is 223 g/mol. The fraction of sp³-hybridized carbons (Fsp3) is 0.200. The zero-order valence-electron chi connectivity index (χ0n) is 8.31. The van der Waals surface area contributed by atoms with Gasteiger partial charge < -0.3 is 5.73 Å². The molecule has 0 fully saturated rings. The SMILES string of the molecule is Cc1cccc(Cl)c1-n1cc(CN)nn1. The lowest BCUT2D eigenvalue weighted by atomic mass is 10.2. The van der Waals surface area contributed by atoms with Gasteiger partial charge in [0.05, 0.1) is 22.6 Å². The van der Waals surface area contributed by atoms with Gasteiger partial charge in [-0.15, -0.1) is 5.10 Å². The van der Waals surface area contributed by atoms with E-state index in [1.165, 1.54) is 0 Å². The van der Waals surface area contributed by atoms with E-state index in [1.807, 2.05) is 25.1 Å². The van der Waals surface area contributed by atoms with E-state index in [9.17, 15) is 0 Å². The van der Waals surface area contributed by atoms with E-state index in [1.54, 1.807) is 10.9 Å². The third-order valence-corrected chi connectivity index (χ3v) is 2.47. The van der Waals surface area contributed by atoms with Crippen LogP contribution in [0, 0.1) is 6.92 Å². The van der Waals surface area contributed by atoms with Crippen molar-refractivity contribution in [3.8, 4) is 5.69 Å². The Balaban J connectivity index is 2.53. The maximum Gasteiger partial charge on any atom is 0.0967 e. The summed E-state index contributed by atoms with van der Waals surface area (Å²) < 4.78 is 1.65. The molecule has 0 aliphatic rings. The maximum atomic E-state index is 6.10. The minimum Gasteiger partial charge on any atom is -0.325 e. The molecule has 78 valence electrons. The highest BCUT2D eigenvalue weighted by molar-refractivity contribution is 6.32. The molecule has 0 spiro atoms. The van der Waals surface area contributed by atoms with Crippen molar-refractivity contribution >= 4 is 11.6 Å². The molecule has 15 heavy (non-hydrogen) atoms. The number of aryl methyl sites for hydroxylation is 1. The molecule has 0 unspecified atom stereocenters. The molecule has 0 saturated heterocycles. The Morgan fingerprint density at radius 1 is 1.47 bits per heavy atom. The van der Waals surface area contributed by atoms with Crippen LogP contribution >= 0.6 is 11.6 Å². The number of hydrogen-bond acceptors (Lipinski definition) is 3. The summed E-state index contributed by atoms with van der Waals surface area (Å²) in [5.41, 5.74) is 8.12. The Hall–Kier alpha value is -1.39. The number of aromatic nitrogens is 3. The van der Waals surface area contributed by atoms with Gasteiger partial charge in [-0.05, 0) is 18.6 Å². The second-order valence-electron chi connectivity index (χ2n) is 3.26. The van der Waals surface area contributed by atoms with E-state index in [2.05, 4.69) is 10.3 Å². The van der Waals surface area contributed by atoms with Crippen molar-refractivity contribution < 1.29 is 0 Å². The van der Waals surface area contributed by atoms with Gasteiger partial charge >= 0.3 is 0 Å². The van der Waals surface area contributed by atoms with Gasteiger partial charge in [-0.25, -0.2) is 4.68 Å². The van der Waals surface area contributed by atoms with Gasteiger partial charge in [0.2, 0.25) is 0 Å². The average Bonchev–Trinajstić information content (AvgIpc) is 2.66. The quantitative estimate of drug-likeness (QED) is 0.841. The molecule has 0 saturated carbocycles. The second kappa shape index (κ2) is 4.00. The van der Waals surface area contributed by atoms with Crippen LogP contribution in [0.15, 0.2) is 24.4 Å². The molecule has 0 aliphatic heterocycles. The molecule has 1 aromatic heterocycles. The zero-order chi connectivity index (χ0) is 10.8. The minimum atomic E-state index is 0.378. The number of benzene rings is 1. The van der Waals surface area contributed by atoms with Gasteiger partial charge in [-0.1, -0.05) is 28.9 Å². The Labute approximate surface area is 92.7 Å². The molecule has 0 radical (unpaired) electrons. The number of nitrogens with two attached hydrogens (primary N) is 1. The van der Waals surface area contributed by atoms with Gasteiger partial charge in [0, 0.05) is 6.54 Å². The van der Waals surface area contributed by atoms with Crippen molar-refractivity contribution in [3.63, 3.8) is 0 Å². The smallest absolute Gasteiger partial charge is 0.0967 e. The Morgan fingerprint density at radius 3 is 2.87 bits per heavy atom. The predicted octanol–water partition coefficient (Wildman–Crippen LogP) is 1.69. The van der Waals surface area contributed by atoms with E-state index in [4.69, 9.17) is 17.3 Å². The molecule has 2 N–H and O–H groups in total. The molecule has 4 nitrogen and oxygen atoms in total. The lowest BCUT2D eigenvalue weighted by Gasteiger charge is -2.06. The van der Waals surface area contributed by atoms with Crippen LogP contribution in [0.25, 0.3) is 5.69 Å². The fourth-order valence-electron chi connectivity index (χ4n) is 1.41. The van der Waals surface area contributed by atoms with E-state index in [-0.39, 0.29) is 0 Å². The first kappa shape index (κ1) is 10.1. The van der Waals surface area contributed by atoms with Crippen LogP contribution in [0.4, 0.5) is 0 Å². The molecule has 0 atom stereocenters.